The Bertz CT molecular complexity index is 183. The maximum Gasteiger partial charge on any atom is 0.00660 e. The Morgan fingerprint density at radius 3 is 2.21 bits per heavy atom. The minimum absolute atomic E-state index is 1.08. The molecule has 0 aliphatic heterocycles. The van der Waals surface area contributed by atoms with Gasteiger partial charge in [0.1, 0.15) is 0 Å². The van der Waals surface area contributed by atoms with E-state index in [1.165, 1.54) is 31.3 Å². The van der Waals surface area contributed by atoms with Crippen LogP contribution in [0.15, 0.2) is 23.3 Å². The molecule has 82 valence electrons. The molecule has 0 aliphatic carbocycles. The summed E-state index contributed by atoms with van der Waals surface area (Å²) in [6, 6.07) is 0. The average molecular weight is 259 g/mol. The lowest BCUT2D eigenvalue weighted by Gasteiger charge is -2.01. The van der Waals surface area contributed by atoms with Gasteiger partial charge < -0.3 is 0 Å². The van der Waals surface area contributed by atoms with Gasteiger partial charge >= 0.3 is 0 Å². The van der Waals surface area contributed by atoms with E-state index in [0.717, 1.165) is 11.8 Å². The molecular formula is C13H23Br. The third-order valence-corrected chi connectivity index (χ3v) is 2.94. The standard InChI is InChI=1S/C13H23Br/c1-4-13(5-2)10-6-8-12(3)9-7-11-14/h9-10H,4-8,11H2,1-3H3. The molecular weight excluding hydrogens is 236 g/mol. The van der Waals surface area contributed by atoms with Crippen molar-refractivity contribution >= 4 is 15.9 Å². The molecule has 0 N–H and O–H groups in total. The summed E-state index contributed by atoms with van der Waals surface area (Å²) in [5.41, 5.74) is 3.12. The molecule has 0 atom stereocenters. The third-order valence-electron chi connectivity index (χ3n) is 2.48. The maximum absolute atomic E-state index is 3.44. The van der Waals surface area contributed by atoms with Gasteiger partial charge in [-0.25, -0.2) is 0 Å². The number of allylic oxidation sites excluding steroid dienone is 4. The van der Waals surface area contributed by atoms with E-state index >= 15 is 0 Å². The van der Waals surface area contributed by atoms with Gasteiger partial charge in [0.2, 0.25) is 0 Å². The van der Waals surface area contributed by atoms with Crippen molar-refractivity contribution in [2.75, 3.05) is 5.33 Å². The van der Waals surface area contributed by atoms with E-state index in [0.29, 0.717) is 0 Å². The first-order chi connectivity index (χ1) is 6.74. The first-order valence-corrected chi connectivity index (χ1v) is 6.76. The van der Waals surface area contributed by atoms with Crippen molar-refractivity contribution in [3.05, 3.63) is 23.3 Å². The largest absolute Gasteiger partial charge is 0.0925 e. The van der Waals surface area contributed by atoms with Crippen LogP contribution in [0.1, 0.15) is 52.9 Å². The molecule has 0 aliphatic rings. The SMILES string of the molecule is CCC(=CCCC(C)=CCCBr)CC. The van der Waals surface area contributed by atoms with E-state index in [9.17, 15) is 0 Å². The number of hydrogen-bond donors (Lipinski definition) is 0. The highest BCUT2D eigenvalue weighted by atomic mass is 79.9. The molecule has 0 rings (SSSR count). The fraction of sp³-hybridized carbons (Fsp3) is 0.692. The van der Waals surface area contributed by atoms with E-state index in [-0.39, 0.29) is 0 Å². The summed E-state index contributed by atoms with van der Waals surface area (Å²) in [5, 5.41) is 1.08. The monoisotopic (exact) mass is 258 g/mol. The van der Waals surface area contributed by atoms with E-state index in [4.69, 9.17) is 0 Å². The van der Waals surface area contributed by atoms with Crippen LogP contribution < -0.4 is 0 Å². The first-order valence-electron chi connectivity index (χ1n) is 5.64. The van der Waals surface area contributed by atoms with Crippen molar-refractivity contribution in [2.24, 2.45) is 0 Å². The minimum Gasteiger partial charge on any atom is -0.0925 e. The molecule has 0 nitrogen and oxygen atoms in total. The fourth-order valence-electron chi connectivity index (χ4n) is 1.45. The van der Waals surface area contributed by atoms with Gasteiger partial charge in [-0.2, -0.15) is 0 Å². The average Bonchev–Trinajstić information content (AvgIpc) is 2.21. The number of halogens is 1. The summed E-state index contributed by atoms with van der Waals surface area (Å²) in [5.74, 6) is 0. The van der Waals surface area contributed by atoms with Gasteiger partial charge in [-0.3, -0.25) is 0 Å². The van der Waals surface area contributed by atoms with Crippen LogP contribution in [0.25, 0.3) is 0 Å². The van der Waals surface area contributed by atoms with Crippen molar-refractivity contribution in [3.63, 3.8) is 0 Å². The van der Waals surface area contributed by atoms with Gasteiger partial charge in [-0.15, -0.1) is 0 Å². The smallest absolute Gasteiger partial charge is 0.00660 e. The molecule has 0 spiro atoms. The van der Waals surface area contributed by atoms with Crippen molar-refractivity contribution < 1.29 is 0 Å². The zero-order valence-electron chi connectivity index (χ0n) is 9.78. The summed E-state index contributed by atoms with van der Waals surface area (Å²) in [6.07, 6.45) is 10.7. The summed E-state index contributed by atoms with van der Waals surface area (Å²) in [4.78, 5) is 0. The molecule has 0 aromatic heterocycles. The van der Waals surface area contributed by atoms with Crippen LogP contribution >= 0.6 is 15.9 Å². The fourth-order valence-corrected chi connectivity index (χ4v) is 1.67. The summed E-state index contributed by atoms with van der Waals surface area (Å²) in [7, 11) is 0. The predicted molar refractivity (Wildman–Crippen MR) is 70.1 cm³/mol. The molecule has 0 aromatic rings. The molecule has 0 amide bonds. The van der Waals surface area contributed by atoms with Gasteiger partial charge in [0.25, 0.3) is 0 Å². The predicted octanol–water partition coefficient (Wildman–Crippen LogP) is 5.24. The topological polar surface area (TPSA) is 0 Å². The summed E-state index contributed by atoms with van der Waals surface area (Å²) in [6.45, 7) is 6.71. The van der Waals surface area contributed by atoms with Crippen molar-refractivity contribution in [1.29, 1.82) is 0 Å². The van der Waals surface area contributed by atoms with E-state index in [1.54, 1.807) is 5.57 Å². The quantitative estimate of drug-likeness (QED) is 0.433. The summed E-state index contributed by atoms with van der Waals surface area (Å²) >= 11 is 3.44. The Balaban J connectivity index is 3.76. The molecule has 0 saturated heterocycles. The Hall–Kier alpha value is -0.0400. The van der Waals surface area contributed by atoms with Crippen molar-refractivity contribution in [3.8, 4) is 0 Å². The van der Waals surface area contributed by atoms with Crippen LogP contribution in [0, 0.1) is 0 Å². The van der Waals surface area contributed by atoms with E-state index in [2.05, 4.69) is 48.9 Å². The Morgan fingerprint density at radius 2 is 1.71 bits per heavy atom. The van der Waals surface area contributed by atoms with Gasteiger partial charge in [-0.05, 0) is 39.0 Å². The Kier molecular flexibility index (Phi) is 9.49. The lowest BCUT2D eigenvalue weighted by atomic mass is 10.1. The lowest BCUT2D eigenvalue weighted by molar-refractivity contribution is 0.908. The first kappa shape index (κ1) is 14.0. The Morgan fingerprint density at radius 1 is 1.07 bits per heavy atom. The van der Waals surface area contributed by atoms with Gasteiger partial charge in [-0.1, -0.05) is 53.1 Å². The highest BCUT2D eigenvalue weighted by Gasteiger charge is 1.91. The minimum atomic E-state index is 1.08. The molecule has 0 saturated carbocycles. The molecule has 1 heteroatoms. The van der Waals surface area contributed by atoms with Crippen LogP contribution in [-0.4, -0.2) is 5.33 Å². The van der Waals surface area contributed by atoms with Gasteiger partial charge in [0.05, 0.1) is 0 Å². The second-order valence-electron chi connectivity index (χ2n) is 3.64. The zero-order chi connectivity index (χ0) is 10.8. The number of hydrogen-bond acceptors (Lipinski definition) is 0. The highest BCUT2D eigenvalue weighted by molar-refractivity contribution is 9.09. The van der Waals surface area contributed by atoms with Crippen molar-refractivity contribution in [1.82, 2.24) is 0 Å². The van der Waals surface area contributed by atoms with Crippen LogP contribution in [0.3, 0.4) is 0 Å². The van der Waals surface area contributed by atoms with Crippen LogP contribution in [0.5, 0.6) is 0 Å². The normalized spacial score (nSPS) is 11.6. The van der Waals surface area contributed by atoms with Crippen molar-refractivity contribution in [2.45, 2.75) is 52.9 Å². The third kappa shape index (κ3) is 7.37. The van der Waals surface area contributed by atoms with Gasteiger partial charge in [0, 0.05) is 5.33 Å². The molecule has 0 fully saturated rings. The molecule has 0 radical (unpaired) electrons. The summed E-state index contributed by atoms with van der Waals surface area (Å²) < 4.78 is 0. The second-order valence-corrected chi connectivity index (χ2v) is 4.43. The number of rotatable bonds is 7. The van der Waals surface area contributed by atoms with Crippen LogP contribution in [0.4, 0.5) is 0 Å². The molecule has 0 aromatic carbocycles. The van der Waals surface area contributed by atoms with E-state index < -0.39 is 0 Å². The zero-order valence-corrected chi connectivity index (χ0v) is 11.4. The number of alkyl halides is 1. The van der Waals surface area contributed by atoms with Crippen LogP contribution in [-0.2, 0) is 0 Å². The molecule has 0 unspecified atom stereocenters. The van der Waals surface area contributed by atoms with E-state index in [1.807, 2.05) is 0 Å². The molecule has 0 heterocycles. The van der Waals surface area contributed by atoms with Gasteiger partial charge in [0.15, 0.2) is 0 Å². The molecule has 0 bridgehead atoms. The van der Waals surface area contributed by atoms with Crippen LogP contribution in [0.2, 0.25) is 0 Å². The lowest BCUT2D eigenvalue weighted by Crippen LogP contribution is -1.81. The maximum atomic E-state index is 3.44. The second kappa shape index (κ2) is 9.51. The highest BCUT2D eigenvalue weighted by Crippen LogP contribution is 2.11. The Labute approximate surface area is 97.6 Å². The molecule has 14 heavy (non-hydrogen) atoms.